The number of rotatable bonds is 1. The van der Waals surface area contributed by atoms with E-state index in [-0.39, 0.29) is 5.75 Å². The Bertz CT molecular complexity index is 703. The number of aromatic hydroxyl groups is 1. The lowest BCUT2D eigenvalue weighted by molar-refractivity contribution is 0.475. The molecular formula is C14H11N3O. The second-order valence-electron chi connectivity index (χ2n) is 4.01. The molecule has 2 aromatic carbocycles. The average molecular weight is 237 g/mol. The molecule has 0 amide bonds. The van der Waals surface area contributed by atoms with Crippen LogP contribution < -0.4 is 5.73 Å². The first-order valence-corrected chi connectivity index (χ1v) is 5.54. The van der Waals surface area contributed by atoms with Gasteiger partial charge in [-0.05, 0) is 29.3 Å². The lowest BCUT2D eigenvalue weighted by Gasteiger charge is -2.07. The van der Waals surface area contributed by atoms with Crippen LogP contribution >= 0.6 is 0 Å². The van der Waals surface area contributed by atoms with Crippen molar-refractivity contribution in [3.8, 4) is 16.9 Å². The van der Waals surface area contributed by atoms with E-state index in [1.165, 1.54) is 6.33 Å². The summed E-state index contributed by atoms with van der Waals surface area (Å²) in [7, 11) is 0. The maximum atomic E-state index is 9.32. The van der Waals surface area contributed by atoms with E-state index in [0.717, 1.165) is 22.0 Å². The molecule has 0 fully saturated rings. The van der Waals surface area contributed by atoms with E-state index in [1.807, 2.05) is 30.3 Å². The monoisotopic (exact) mass is 237 g/mol. The zero-order valence-electron chi connectivity index (χ0n) is 9.54. The van der Waals surface area contributed by atoms with Crippen molar-refractivity contribution in [2.75, 3.05) is 5.73 Å². The third kappa shape index (κ3) is 1.64. The standard InChI is InChI=1S/C14H11N3O/c15-14-13-11(9-4-6-10(18)7-5-9)2-1-3-12(13)16-8-17-14/h1-8,18H,(H2,15,16,17). The lowest BCUT2D eigenvalue weighted by Crippen LogP contribution is -1.94. The molecule has 3 rings (SSSR count). The summed E-state index contributed by atoms with van der Waals surface area (Å²) >= 11 is 0. The number of phenolic OH excluding ortho intramolecular Hbond substituents is 1. The predicted octanol–water partition coefficient (Wildman–Crippen LogP) is 2.58. The first-order valence-electron chi connectivity index (χ1n) is 5.54. The number of nitrogens with two attached hydrogens (primary N) is 1. The molecule has 3 N–H and O–H groups in total. The molecule has 0 radical (unpaired) electrons. The minimum Gasteiger partial charge on any atom is -0.508 e. The fraction of sp³-hybridized carbons (Fsp3) is 0. The van der Waals surface area contributed by atoms with Crippen LogP contribution in [0.25, 0.3) is 22.0 Å². The van der Waals surface area contributed by atoms with E-state index in [2.05, 4.69) is 9.97 Å². The first kappa shape index (κ1) is 10.5. The molecule has 88 valence electrons. The number of aromatic nitrogens is 2. The van der Waals surface area contributed by atoms with Crippen molar-refractivity contribution in [2.45, 2.75) is 0 Å². The summed E-state index contributed by atoms with van der Waals surface area (Å²) in [5.41, 5.74) is 8.67. The van der Waals surface area contributed by atoms with Crippen LogP contribution in [0.15, 0.2) is 48.8 Å². The fourth-order valence-electron chi connectivity index (χ4n) is 2.02. The van der Waals surface area contributed by atoms with Crippen LogP contribution in [-0.4, -0.2) is 15.1 Å². The molecule has 0 aliphatic heterocycles. The molecule has 1 heterocycles. The summed E-state index contributed by atoms with van der Waals surface area (Å²) in [4.78, 5) is 8.23. The molecule has 18 heavy (non-hydrogen) atoms. The van der Waals surface area contributed by atoms with E-state index in [0.29, 0.717) is 5.82 Å². The normalized spacial score (nSPS) is 10.7. The third-order valence-corrected chi connectivity index (χ3v) is 2.87. The molecule has 0 unspecified atom stereocenters. The molecule has 3 aromatic rings. The number of fused-ring (bicyclic) bond motifs is 1. The van der Waals surface area contributed by atoms with Crippen LogP contribution in [0.3, 0.4) is 0 Å². The highest BCUT2D eigenvalue weighted by atomic mass is 16.3. The average Bonchev–Trinajstić information content (AvgIpc) is 2.39. The summed E-state index contributed by atoms with van der Waals surface area (Å²) in [5, 5.41) is 10.2. The summed E-state index contributed by atoms with van der Waals surface area (Å²) in [6.07, 6.45) is 1.46. The minimum absolute atomic E-state index is 0.239. The van der Waals surface area contributed by atoms with Gasteiger partial charge in [-0.3, -0.25) is 0 Å². The number of hydrogen-bond donors (Lipinski definition) is 2. The zero-order chi connectivity index (χ0) is 12.5. The molecule has 4 heteroatoms. The van der Waals surface area contributed by atoms with Gasteiger partial charge in [-0.15, -0.1) is 0 Å². The molecule has 0 saturated carbocycles. The van der Waals surface area contributed by atoms with E-state index < -0.39 is 0 Å². The van der Waals surface area contributed by atoms with Gasteiger partial charge in [0.2, 0.25) is 0 Å². The van der Waals surface area contributed by atoms with Crippen LogP contribution in [0.1, 0.15) is 0 Å². The Hall–Kier alpha value is -2.62. The summed E-state index contributed by atoms with van der Waals surface area (Å²) in [6.45, 7) is 0. The Kier molecular flexibility index (Phi) is 2.34. The first-order chi connectivity index (χ1) is 8.75. The van der Waals surface area contributed by atoms with E-state index in [4.69, 9.17) is 5.73 Å². The highest BCUT2D eigenvalue weighted by Crippen LogP contribution is 2.31. The number of phenols is 1. The Morgan fingerprint density at radius 2 is 1.72 bits per heavy atom. The molecular weight excluding hydrogens is 226 g/mol. The Labute approximate surface area is 104 Å². The molecule has 0 aliphatic carbocycles. The predicted molar refractivity (Wildman–Crippen MR) is 71.1 cm³/mol. The van der Waals surface area contributed by atoms with Crippen molar-refractivity contribution < 1.29 is 5.11 Å². The summed E-state index contributed by atoms with van der Waals surface area (Å²) < 4.78 is 0. The minimum atomic E-state index is 0.239. The number of nitrogen functional groups attached to an aromatic ring is 1. The van der Waals surface area contributed by atoms with Gasteiger partial charge in [0.1, 0.15) is 17.9 Å². The smallest absolute Gasteiger partial charge is 0.135 e. The molecule has 0 bridgehead atoms. The van der Waals surface area contributed by atoms with Gasteiger partial charge < -0.3 is 10.8 Å². The zero-order valence-corrected chi connectivity index (χ0v) is 9.54. The van der Waals surface area contributed by atoms with Crippen LogP contribution in [-0.2, 0) is 0 Å². The second-order valence-corrected chi connectivity index (χ2v) is 4.01. The van der Waals surface area contributed by atoms with Gasteiger partial charge in [-0.2, -0.15) is 0 Å². The quantitative estimate of drug-likeness (QED) is 0.682. The van der Waals surface area contributed by atoms with Crippen LogP contribution in [0.5, 0.6) is 5.75 Å². The lowest BCUT2D eigenvalue weighted by atomic mass is 10.0. The van der Waals surface area contributed by atoms with Gasteiger partial charge in [-0.25, -0.2) is 9.97 Å². The molecule has 1 aromatic heterocycles. The number of nitrogens with zero attached hydrogens (tertiary/aromatic N) is 2. The van der Waals surface area contributed by atoms with Crippen LogP contribution in [0.2, 0.25) is 0 Å². The fourth-order valence-corrected chi connectivity index (χ4v) is 2.02. The van der Waals surface area contributed by atoms with E-state index in [1.54, 1.807) is 12.1 Å². The van der Waals surface area contributed by atoms with Crippen molar-refractivity contribution >= 4 is 16.7 Å². The van der Waals surface area contributed by atoms with Crippen LogP contribution in [0.4, 0.5) is 5.82 Å². The van der Waals surface area contributed by atoms with Gasteiger partial charge in [-0.1, -0.05) is 24.3 Å². The van der Waals surface area contributed by atoms with E-state index in [9.17, 15) is 5.11 Å². The van der Waals surface area contributed by atoms with Gasteiger partial charge in [0, 0.05) is 0 Å². The summed E-state index contributed by atoms with van der Waals surface area (Å²) in [6, 6.07) is 12.8. The van der Waals surface area contributed by atoms with Crippen LogP contribution in [0, 0.1) is 0 Å². The Morgan fingerprint density at radius 1 is 0.944 bits per heavy atom. The maximum Gasteiger partial charge on any atom is 0.135 e. The van der Waals surface area contributed by atoms with Crippen molar-refractivity contribution in [1.82, 2.24) is 9.97 Å². The van der Waals surface area contributed by atoms with Crippen molar-refractivity contribution in [3.63, 3.8) is 0 Å². The molecule has 0 spiro atoms. The Balaban J connectivity index is 2.32. The van der Waals surface area contributed by atoms with Gasteiger partial charge >= 0.3 is 0 Å². The third-order valence-electron chi connectivity index (χ3n) is 2.87. The van der Waals surface area contributed by atoms with Crippen molar-refractivity contribution in [2.24, 2.45) is 0 Å². The summed E-state index contributed by atoms with van der Waals surface area (Å²) in [5.74, 6) is 0.701. The largest absolute Gasteiger partial charge is 0.508 e. The number of anilines is 1. The second kappa shape index (κ2) is 4.00. The molecule has 4 nitrogen and oxygen atoms in total. The molecule has 0 atom stereocenters. The van der Waals surface area contributed by atoms with Gasteiger partial charge in [0.15, 0.2) is 0 Å². The van der Waals surface area contributed by atoms with Gasteiger partial charge in [0.05, 0.1) is 10.9 Å². The number of hydrogen-bond acceptors (Lipinski definition) is 4. The molecule has 0 aliphatic rings. The molecule has 0 saturated heterocycles. The van der Waals surface area contributed by atoms with Crippen molar-refractivity contribution in [3.05, 3.63) is 48.8 Å². The van der Waals surface area contributed by atoms with E-state index >= 15 is 0 Å². The number of benzene rings is 2. The Morgan fingerprint density at radius 3 is 2.50 bits per heavy atom. The maximum absolute atomic E-state index is 9.32. The SMILES string of the molecule is Nc1ncnc2cccc(-c3ccc(O)cc3)c12. The highest BCUT2D eigenvalue weighted by Gasteiger charge is 2.08. The topological polar surface area (TPSA) is 72.0 Å². The van der Waals surface area contributed by atoms with Gasteiger partial charge in [0.25, 0.3) is 0 Å². The highest BCUT2D eigenvalue weighted by molar-refractivity contribution is 6.00. The van der Waals surface area contributed by atoms with Crippen molar-refractivity contribution in [1.29, 1.82) is 0 Å².